The lowest BCUT2D eigenvalue weighted by Gasteiger charge is -2.10. The van der Waals surface area contributed by atoms with Gasteiger partial charge in [0, 0.05) is 18.7 Å². The summed E-state index contributed by atoms with van der Waals surface area (Å²) < 4.78 is 0. The van der Waals surface area contributed by atoms with E-state index in [1.165, 1.54) is 0 Å². The van der Waals surface area contributed by atoms with E-state index >= 15 is 0 Å². The molecule has 0 radical (unpaired) electrons. The first-order valence-corrected chi connectivity index (χ1v) is 6.94. The third-order valence-corrected chi connectivity index (χ3v) is 3.39. The summed E-state index contributed by atoms with van der Waals surface area (Å²) in [6.45, 7) is 0.199. The maximum absolute atomic E-state index is 11.9. The molecule has 2 rings (SSSR count). The topological polar surface area (TPSA) is 49.3 Å². The van der Waals surface area contributed by atoms with Crippen LogP contribution in [-0.4, -0.2) is 17.6 Å². The molecule has 1 aliphatic rings. The van der Waals surface area contributed by atoms with E-state index in [-0.39, 0.29) is 12.5 Å². The van der Waals surface area contributed by atoms with Gasteiger partial charge in [0.25, 0.3) is 0 Å². The minimum atomic E-state index is 0.0795. The Bertz CT molecular complexity index is 454. The van der Waals surface area contributed by atoms with E-state index in [9.17, 15) is 4.79 Å². The van der Waals surface area contributed by atoms with Crippen LogP contribution in [0, 0.1) is 5.92 Å². The van der Waals surface area contributed by atoms with Gasteiger partial charge >= 0.3 is 0 Å². The molecule has 0 bridgehead atoms. The standard InChI is InChI=1S/C16H21NO2/c18-10-4-8-13-7-3-9-15(11-13)17-16(19)12-14-5-1-2-6-14/h1,3,5,7,9,11,14,18H,2,4,6,8,10,12H2,(H,17,19). The zero-order valence-corrected chi connectivity index (χ0v) is 11.1. The number of aliphatic hydroxyl groups is 1. The first kappa shape index (κ1) is 13.8. The molecule has 0 fully saturated rings. The van der Waals surface area contributed by atoms with Crippen LogP contribution in [0.5, 0.6) is 0 Å². The number of hydrogen-bond donors (Lipinski definition) is 2. The maximum Gasteiger partial charge on any atom is 0.224 e. The number of aryl methyl sites for hydroxylation is 1. The third-order valence-electron chi connectivity index (χ3n) is 3.39. The fourth-order valence-corrected chi connectivity index (χ4v) is 2.40. The molecule has 0 heterocycles. The summed E-state index contributed by atoms with van der Waals surface area (Å²) in [6, 6.07) is 7.85. The lowest BCUT2D eigenvalue weighted by molar-refractivity contribution is -0.116. The van der Waals surface area contributed by atoms with Crippen LogP contribution in [0.1, 0.15) is 31.2 Å². The number of anilines is 1. The smallest absolute Gasteiger partial charge is 0.224 e. The number of carbonyl (C=O) groups excluding carboxylic acids is 1. The van der Waals surface area contributed by atoms with Crippen LogP contribution in [0.25, 0.3) is 0 Å². The van der Waals surface area contributed by atoms with Gasteiger partial charge in [-0.1, -0.05) is 24.3 Å². The van der Waals surface area contributed by atoms with E-state index in [1.54, 1.807) is 0 Å². The Kier molecular flexibility index (Phi) is 5.16. The largest absolute Gasteiger partial charge is 0.396 e. The molecule has 3 heteroatoms. The van der Waals surface area contributed by atoms with Crippen molar-refractivity contribution in [1.82, 2.24) is 0 Å². The second kappa shape index (κ2) is 7.10. The Balaban J connectivity index is 1.87. The number of hydrogen-bond acceptors (Lipinski definition) is 2. The van der Waals surface area contributed by atoms with Crippen molar-refractivity contribution in [3.8, 4) is 0 Å². The van der Waals surface area contributed by atoms with Crippen molar-refractivity contribution in [2.75, 3.05) is 11.9 Å². The molecule has 3 nitrogen and oxygen atoms in total. The summed E-state index contributed by atoms with van der Waals surface area (Å²) in [5.74, 6) is 0.480. The van der Waals surface area contributed by atoms with Gasteiger partial charge < -0.3 is 10.4 Å². The van der Waals surface area contributed by atoms with Gasteiger partial charge in [0.1, 0.15) is 0 Å². The number of carbonyl (C=O) groups is 1. The normalized spacial score (nSPS) is 17.6. The molecule has 19 heavy (non-hydrogen) atoms. The predicted molar refractivity (Wildman–Crippen MR) is 77.0 cm³/mol. The molecule has 1 aliphatic carbocycles. The van der Waals surface area contributed by atoms with Crippen molar-refractivity contribution in [3.05, 3.63) is 42.0 Å². The van der Waals surface area contributed by atoms with Gasteiger partial charge in [0.05, 0.1) is 0 Å². The van der Waals surface area contributed by atoms with Crippen LogP contribution in [-0.2, 0) is 11.2 Å². The molecule has 0 aromatic heterocycles. The van der Waals surface area contributed by atoms with Crippen molar-refractivity contribution in [1.29, 1.82) is 0 Å². The first-order chi connectivity index (χ1) is 9.28. The van der Waals surface area contributed by atoms with E-state index < -0.39 is 0 Å². The SMILES string of the molecule is O=C(CC1C=CCC1)Nc1cccc(CCCO)c1. The van der Waals surface area contributed by atoms with Gasteiger partial charge in [-0.25, -0.2) is 0 Å². The molecule has 1 aromatic rings. The van der Waals surface area contributed by atoms with Gasteiger partial charge in [0.15, 0.2) is 0 Å². The summed E-state index contributed by atoms with van der Waals surface area (Å²) in [5, 5.41) is 11.8. The predicted octanol–water partition coefficient (Wildman–Crippen LogP) is 2.91. The summed E-state index contributed by atoms with van der Waals surface area (Å²) in [4.78, 5) is 11.9. The number of benzene rings is 1. The Morgan fingerprint density at radius 2 is 2.32 bits per heavy atom. The zero-order chi connectivity index (χ0) is 13.5. The van der Waals surface area contributed by atoms with E-state index in [0.717, 1.165) is 36.9 Å². The van der Waals surface area contributed by atoms with E-state index in [1.807, 2.05) is 24.3 Å². The van der Waals surface area contributed by atoms with Crippen molar-refractivity contribution in [2.45, 2.75) is 32.1 Å². The summed E-state index contributed by atoms with van der Waals surface area (Å²) in [5.41, 5.74) is 2.00. The molecule has 0 saturated carbocycles. The van der Waals surface area contributed by atoms with Crippen LogP contribution >= 0.6 is 0 Å². The fourth-order valence-electron chi connectivity index (χ4n) is 2.40. The van der Waals surface area contributed by atoms with Crippen molar-refractivity contribution in [2.24, 2.45) is 5.92 Å². The highest BCUT2D eigenvalue weighted by Gasteiger charge is 2.13. The lowest BCUT2D eigenvalue weighted by Crippen LogP contribution is -2.14. The van der Waals surface area contributed by atoms with Crippen LogP contribution in [0.15, 0.2) is 36.4 Å². The molecule has 1 atom stereocenters. The molecule has 102 valence electrons. The van der Waals surface area contributed by atoms with Gasteiger partial charge in [-0.05, 0) is 49.3 Å². The van der Waals surface area contributed by atoms with Crippen LogP contribution < -0.4 is 5.32 Å². The average Bonchev–Trinajstić information content (AvgIpc) is 2.89. The molecular weight excluding hydrogens is 238 g/mol. The highest BCUT2D eigenvalue weighted by molar-refractivity contribution is 5.91. The first-order valence-electron chi connectivity index (χ1n) is 6.94. The van der Waals surface area contributed by atoms with Crippen LogP contribution in [0.3, 0.4) is 0 Å². The molecule has 0 spiro atoms. The summed E-state index contributed by atoms with van der Waals surface area (Å²) >= 11 is 0. The minimum Gasteiger partial charge on any atom is -0.396 e. The van der Waals surface area contributed by atoms with Gasteiger partial charge in [-0.15, -0.1) is 0 Å². The average molecular weight is 259 g/mol. The Morgan fingerprint density at radius 3 is 3.05 bits per heavy atom. The highest BCUT2D eigenvalue weighted by Crippen LogP contribution is 2.21. The van der Waals surface area contributed by atoms with Crippen LogP contribution in [0.4, 0.5) is 5.69 Å². The number of nitrogens with one attached hydrogen (secondary N) is 1. The van der Waals surface area contributed by atoms with Crippen LogP contribution in [0.2, 0.25) is 0 Å². The zero-order valence-electron chi connectivity index (χ0n) is 11.1. The Labute approximate surface area is 114 Å². The quantitative estimate of drug-likeness (QED) is 0.772. The molecule has 1 unspecified atom stereocenters. The van der Waals surface area contributed by atoms with Gasteiger partial charge in [-0.3, -0.25) is 4.79 Å². The van der Waals surface area contributed by atoms with Crippen molar-refractivity contribution < 1.29 is 9.90 Å². The Morgan fingerprint density at radius 1 is 1.42 bits per heavy atom. The van der Waals surface area contributed by atoms with E-state index in [0.29, 0.717) is 12.3 Å². The molecular formula is C16H21NO2. The monoisotopic (exact) mass is 259 g/mol. The molecule has 1 amide bonds. The van der Waals surface area contributed by atoms with E-state index in [2.05, 4.69) is 17.5 Å². The minimum absolute atomic E-state index is 0.0795. The number of aliphatic hydroxyl groups excluding tert-OH is 1. The third kappa shape index (κ3) is 4.52. The molecule has 0 saturated heterocycles. The summed E-state index contributed by atoms with van der Waals surface area (Å²) in [7, 11) is 0. The molecule has 0 aliphatic heterocycles. The Hall–Kier alpha value is -1.61. The fraction of sp³-hybridized carbons (Fsp3) is 0.438. The number of amides is 1. The number of allylic oxidation sites excluding steroid dienone is 2. The van der Waals surface area contributed by atoms with Gasteiger partial charge in [0.2, 0.25) is 5.91 Å². The van der Waals surface area contributed by atoms with Crippen molar-refractivity contribution in [3.63, 3.8) is 0 Å². The maximum atomic E-state index is 11.9. The lowest BCUT2D eigenvalue weighted by atomic mass is 10.0. The second-order valence-corrected chi connectivity index (χ2v) is 5.05. The van der Waals surface area contributed by atoms with Crippen molar-refractivity contribution >= 4 is 11.6 Å². The van der Waals surface area contributed by atoms with Gasteiger partial charge in [-0.2, -0.15) is 0 Å². The number of rotatable bonds is 6. The summed E-state index contributed by atoms with van der Waals surface area (Å²) in [6.07, 6.45) is 8.62. The highest BCUT2D eigenvalue weighted by atomic mass is 16.2. The molecule has 2 N–H and O–H groups in total. The second-order valence-electron chi connectivity index (χ2n) is 5.05. The van der Waals surface area contributed by atoms with E-state index in [4.69, 9.17) is 5.11 Å². The molecule has 1 aromatic carbocycles.